The Bertz CT molecular complexity index is 854. The Morgan fingerprint density at radius 1 is 1.00 bits per heavy atom. The predicted molar refractivity (Wildman–Crippen MR) is 102 cm³/mol. The van der Waals surface area contributed by atoms with Gasteiger partial charge in [-0.1, -0.05) is 51.0 Å². The molecule has 2 aromatic rings. The molecule has 5 heteroatoms. The molecule has 0 saturated carbocycles. The second-order valence-electron chi connectivity index (χ2n) is 7.29. The zero-order valence-electron chi connectivity index (χ0n) is 16.7. The minimum Gasteiger partial charge on any atom is -1.00 e. The molecule has 0 bridgehead atoms. The third-order valence-electron chi connectivity index (χ3n) is 5.59. The minimum absolute atomic E-state index is 0. The Balaban J connectivity index is 0.00000261. The van der Waals surface area contributed by atoms with Crippen LogP contribution in [0.3, 0.4) is 0 Å². The second kappa shape index (κ2) is 8.96. The number of benzene rings is 1. The van der Waals surface area contributed by atoms with Gasteiger partial charge in [-0.25, -0.2) is 9.13 Å². The third-order valence-corrected chi connectivity index (χ3v) is 5.59. The van der Waals surface area contributed by atoms with Gasteiger partial charge in [0.2, 0.25) is 23.0 Å². The molecular weight excluding hydrogens is 404 g/mol. The van der Waals surface area contributed by atoms with Crippen LogP contribution in [-0.4, -0.2) is 16.1 Å². The average Bonchev–Trinajstić information content (AvgIpc) is 2.95. The summed E-state index contributed by atoms with van der Waals surface area (Å²) >= 11 is 0. The van der Waals surface area contributed by atoms with E-state index in [0.29, 0.717) is 22.5 Å². The smallest absolute Gasteiger partial charge is 0.254 e. The van der Waals surface area contributed by atoms with Crippen LogP contribution >= 0.6 is 0 Å². The molecule has 1 atom stereocenters. The van der Waals surface area contributed by atoms with E-state index in [0.717, 1.165) is 31.6 Å². The van der Waals surface area contributed by atoms with Gasteiger partial charge in [-0.15, -0.1) is 0 Å². The summed E-state index contributed by atoms with van der Waals surface area (Å²) in [6, 6.07) is 7.39. The number of rotatable bonds is 7. The zero-order chi connectivity index (χ0) is 18.8. The molecule has 1 aromatic carbocycles. The number of aromatic nitrogens is 2. The first kappa shape index (κ1) is 21.5. The maximum absolute atomic E-state index is 13.3. The van der Waals surface area contributed by atoms with Gasteiger partial charge in [0.15, 0.2) is 0 Å². The molecule has 4 nitrogen and oxygen atoms in total. The van der Waals surface area contributed by atoms with Gasteiger partial charge in [-0.05, 0) is 26.2 Å². The van der Waals surface area contributed by atoms with Crippen molar-refractivity contribution in [2.75, 3.05) is 0 Å². The van der Waals surface area contributed by atoms with Gasteiger partial charge < -0.3 is 17.0 Å². The molecule has 0 fully saturated rings. The summed E-state index contributed by atoms with van der Waals surface area (Å²) in [5, 5.41) is 0. The van der Waals surface area contributed by atoms with E-state index < -0.39 is 0 Å². The summed E-state index contributed by atoms with van der Waals surface area (Å²) in [7, 11) is 0. The summed E-state index contributed by atoms with van der Waals surface area (Å²) in [5.41, 5.74) is 2.23. The van der Waals surface area contributed by atoms with Crippen LogP contribution in [0.5, 0.6) is 0 Å². The Morgan fingerprint density at radius 3 is 2.22 bits per heavy atom. The van der Waals surface area contributed by atoms with Gasteiger partial charge in [0, 0.05) is 18.1 Å². The van der Waals surface area contributed by atoms with Crippen LogP contribution in [0.2, 0.25) is 0 Å². The lowest BCUT2D eigenvalue weighted by Gasteiger charge is -2.14. The molecule has 1 unspecified atom stereocenters. The fourth-order valence-corrected chi connectivity index (χ4v) is 3.97. The lowest BCUT2D eigenvalue weighted by atomic mass is 9.89. The highest BCUT2D eigenvalue weighted by molar-refractivity contribution is 6.26. The molecule has 0 radical (unpaired) electrons. The molecule has 146 valence electrons. The van der Waals surface area contributed by atoms with E-state index in [2.05, 4.69) is 29.9 Å². The zero-order valence-corrected chi connectivity index (χ0v) is 18.3. The summed E-state index contributed by atoms with van der Waals surface area (Å²) in [6.07, 6.45) is 5.47. The number of hydrogen-bond acceptors (Lipinski definition) is 2. The molecule has 1 aromatic heterocycles. The molecule has 0 saturated heterocycles. The number of hydrogen-bond donors (Lipinski definition) is 0. The van der Waals surface area contributed by atoms with Crippen molar-refractivity contribution in [1.82, 2.24) is 4.57 Å². The molecule has 0 spiro atoms. The molecule has 0 N–H and O–H groups in total. The highest BCUT2D eigenvalue weighted by Gasteiger charge is 2.43. The van der Waals surface area contributed by atoms with E-state index >= 15 is 0 Å². The van der Waals surface area contributed by atoms with Crippen molar-refractivity contribution < 1.29 is 31.1 Å². The Kier molecular flexibility index (Phi) is 7.15. The van der Waals surface area contributed by atoms with E-state index in [9.17, 15) is 9.59 Å². The number of fused-ring (bicyclic) bond motifs is 2. The molecule has 1 aliphatic carbocycles. The molecular formula is C22H29BrN2O2. The van der Waals surface area contributed by atoms with Crippen molar-refractivity contribution >= 4 is 11.6 Å². The predicted octanol–water partition coefficient (Wildman–Crippen LogP) is 1.41. The lowest BCUT2D eigenvalue weighted by molar-refractivity contribution is -0.704. The van der Waals surface area contributed by atoms with E-state index in [4.69, 9.17) is 0 Å². The quantitative estimate of drug-likeness (QED) is 0.418. The molecule has 27 heavy (non-hydrogen) atoms. The van der Waals surface area contributed by atoms with Gasteiger partial charge >= 0.3 is 0 Å². The maximum atomic E-state index is 13.3. The van der Waals surface area contributed by atoms with Crippen LogP contribution in [0, 0.1) is 6.92 Å². The van der Waals surface area contributed by atoms with Crippen molar-refractivity contribution in [3.05, 3.63) is 52.6 Å². The largest absolute Gasteiger partial charge is 1.00 e. The fourth-order valence-electron chi connectivity index (χ4n) is 3.97. The Hall–Kier alpha value is -1.75. The summed E-state index contributed by atoms with van der Waals surface area (Å²) < 4.78 is 4.18. The van der Waals surface area contributed by atoms with Crippen molar-refractivity contribution in [3.8, 4) is 0 Å². The molecule has 0 aliphatic heterocycles. The number of carbonyl (C=O) groups excluding carboxylic acids is 2. The monoisotopic (exact) mass is 432 g/mol. The van der Waals surface area contributed by atoms with Gasteiger partial charge in [0.05, 0.1) is 12.6 Å². The van der Waals surface area contributed by atoms with Crippen LogP contribution in [0.4, 0.5) is 0 Å². The lowest BCUT2D eigenvalue weighted by Crippen LogP contribution is -3.00. The van der Waals surface area contributed by atoms with Crippen molar-refractivity contribution in [2.24, 2.45) is 0 Å². The van der Waals surface area contributed by atoms with Gasteiger partial charge in [-0.2, -0.15) is 0 Å². The van der Waals surface area contributed by atoms with E-state index in [1.165, 1.54) is 12.8 Å². The van der Waals surface area contributed by atoms with E-state index in [1.807, 2.05) is 19.1 Å². The normalized spacial score (nSPS) is 13.8. The topological polar surface area (TPSA) is 43.0 Å². The summed E-state index contributed by atoms with van der Waals surface area (Å²) in [6.45, 7) is 9.26. The van der Waals surface area contributed by atoms with Crippen LogP contribution in [-0.2, 0) is 6.54 Å². The van der Waals surface area contributed by atoms with Crippen LogP contribution in [0.1, 0.15) is 96.8 Å². The van der Waals surface area contributed by atoms with E-state index in [1.54, 1.807) is 12.1 Å². The maximum Gasteiger partial charge on any atom is 0.254 e. The second-order valence-corrected chi connectivity index (χ2v) is 7.29. The van der Waals surface area contributed by atoms with E-state index in [-0.39, 0.29) is 34.6 Å². The van der Waals surface area contributed by atoms with Crippen LogP contribution in [0.25, 0.3) is 0 Å². The van der Waals surface area contributed by atoms with Crippen LogP contribution in [0.15, 0.2) is 24.3 Å². The molecule has 0 amide bonds. The van der Waals surface area contributed by atoms with Gasteiger partial charge in [0.1, 0.15) is 0 Å². The fraction of sp³-hybridized carbons (Fsp3) is 0.500. The Labute approximate surface area is 172 Å². The number of imidazole rings is 1. The standard InChI is InChI=1S/C22H29N2O2.BrH/c1-5-7-8-11-14-23-16(4)24(15(3)6-2)20-19(23)21(25)17-12-9-10-13-18(17)22(20)26;/h9-10,12-13,15H,5-8,11,14H2,1-4H3;1H/q+1;/p-1. The first-order valence-electron chi connectivity index (χ1n) is 9.85. The first-order chi connectivity index (χ1) is 12.5. The number of nitrogens with zero attached hydrogens (tertiary/aromatic N) is 2. The minimum atomic E-state index is -0.0223. The van der Waals surface area contributed by atoms with Crippen molar-refractivity contribution in [3.63, 3.8) is 0 Å². The van der Waals surface area contributed by atoms with Crippen molar-refractivity contribution in [2.45, 2.75) is 72.4 Å². The summed E-state index contributed by atoms with van der Waals surface area (Å²) in [5.74, 6) is 0.970. The van der Waals surface area contributed by atoms with Crippen molar-refractivity contribution in [1.29, 1.82) is 0 Å². The number of unbranched alkanes of at least 4 members (excludes halogenated alkanes) is 3. The van der Waals surface area contributed by atoms with Crippen LogP contribution < -0.4 is 21.5 Å². The Morgan fingerprint density at radius 2 is 1.63 bits per heavy atom. The highest BCUT2D eigenvalue weighted by atomic mass is 79.9. The summed E-state index contributed by atoms with van der Waals surface area (Å²) in [4.78, 5) is 26.5. The average molecular weight is 433 g/mol. The highest BCUT2D eigenvalue weighted by Crippen LogP contribution is 2.29. The first-order valence-corrected chi connectivity index (χ1v) is 9.85. The van der Waals surface area contributed by atoms with Gasteiger partial charge in [-0.3, -0.25) is 9.59 Å². The molecule has 1 heterocycles. The number of carbonyl (C=O) groups is 2. The molecule has 3 rings (SSSR count). The SMILES string of the molecule is CCCCCC[n+]1c2c(n(C(C)CC)c1C)C(=O)c1ccccc1C2=O.[Br-]. The number of ketones is 2. The molecule has 1 aliphatic rings. The van der Waals surface area contributed by atoms with Gasteiger partial charge in [0.25, 0.3) is 5.82 Å². The number of halogens is 1. The third kappa shape index (κ3) is 3.66.